The van der Waals surface area contributed by atoms with Crippen molar-refractivity contribution < 1.29 is 9.84 Å². The largest absolute Gasteiger partial charge is 0.496 e. The van der Waals surface area contributed by atoms with Gasteiger partial charge in [-0.25, -0.2) is 0 Å². The number of likely N-dealkylation sites (tertiary alicyclic amines) is 1. The summed E-state index contributed by atoms with van der Waals surface area (Å²) in [7, 11) is 1.71. The molecule has 0 amide bonds. The first kappa shape index (κ1) is 14.8. The van der Waals surface area contributed by atoms with Gasteiger partial charge in [-0.2, -0.15) is 0 Å². The molecule has 1 atom stereocenters. The highest BCUT2D eigenvalue weighted by Crippen LogP contribution is 2.31. The smallest absolute Gasteiger partial charge is 0.123 e. The Morgan fingerprint density at radius 2 is 2.26 bits per heavy atom. The molecule has 0 bridgehead atoms. The van der Waals surface area contributed by atoms with Gasteiger partial charge in [-0.05, 0) is 37.6 Å². The van der Waals surface area contributed by atoms with Crippen molar-refractivity contribution in [3.8, 4) is 5.75 Å². The fourth-order valence-electron chi connectivity index (χ4n) is 2.80. The Morgan fingerprint density at radius 1 is 1.47 bits per heavy atom. The van der Waals surface area contributed by atoms with Crippen LogP contribution in [-0.2, 0) is 6.54 Å². The Kier molecular flexibility index (Phi) is 4.87. The highest BCUT2D eigenvalue weighted by Gasteiger charge is 2.30. The lowest BCUT2D eigenvalue weighted by molar-refractivity contribution is 0.0426. The molecule has 4 heteroatoms. The molecule has 0 radical (unpaired) electrons. The zero-order chi connectivity index (χ0) is 13.9. The van der Waals surface area contributed by atoms with E-state index in [1.165, 1.54) is 5.56 Å². The van der Waals surface area contributed by atoms with Gasteiger partial charge in [0.15, 0.2) is 0 Å². The molecule has 19 heavy (non-hydrogen) atoms. The van der Waals surface area contributed by atoms with Crippen LogP contribution in [0.15, 0.2) is 22.7 Å². The second kappa shape index (κ2) is 6.25. The molecular formula is C15H22BrNO2. The summed E-state index contributed by atoms with van der Waals surface area (Å²) in [6.07, 6.45) is 2.25. The summed E-state index contributed by atoms with van der Waals surface area (Å²) < 4.78 is 6.50. The van der Waals surface area contributed by atoms with E-state index >= 15 is 0 Å². The standard InChI is InChI=1S/C15H22BrNO2/c1-15(11-18)6-3-7-17(10-15)9-12-8-13(16)4-5-14(12)19-2/h4-5,8,18H,3,6-7,9-11H2,1-2H3. The lowest BCUT2D eigenvalue weighted by Crippen LogP contribution is -2.43. The predicted octanol–water partition coefficient (Wildman–Crippen LogP) is 3.05. The molecule has 1 heterocycles. The van der Waals surface area contributed by atoms with Crippen LogP contribution in [0.4, 0.5) is 0 Å². The van der Waals surface area contributed by atoms with Crippen LogP contribution in [0.5, 0.6) is 5.75 Å². The van der Waals surface area contributed by atoms with Crippen LogP contribution in [0.2, 0.25) is 0 Å². The summed E-state index contributed by atoms with van der Waals surface area (Å²) in [5.74, 6) is 0.930. The summed E-state index contributed by atoms with van der Waals surface area (Å²) >= 11 is 3.51. The van der Waals surface area contributed by atoms with E-state index < -0.39 is 0 Å². The van der Waals surface area contributed by atoms with Crippen LogP contribution in [-0.4, -0.2) is 36.8 Å². The molecule has 3 nitrogen and oxygen atoms in total. The third kappa shape index (κ3) is 3.71. The lowest BCUT2D eigenvalue weighted by atomic mass is 9.82. The molecule has 1 N–H and O–H groups in total. The first-order chi connectivity index (χ1) is 9.06. The molecule has 1 unspecified atom stereocenters. The zero-order valence-corrected chi connectivity index (χ0v) is 13.2. The second-order valence-electron chi connectivity index (χ2n) is 5.74. The number of methoxy groups -OCH3 is 1. The van der Waals surface area contributed by atoms with E-state index in [-0.39, 0.29) is 12.0 Å². The van der Waals surface area contributed by atoms with Gasteiger partial charge in [0.2, 0.25) is 0 Å². The Labute approximate surface area is 123 Å². The van der Waals surface area contributed by atoms with Gasteiger partial charge in [0.25, 0.3) is 0 Å². The summed E-state index contributed by atoms with van der Waals surface area (Å²) in [5, 5.41) is 9.52. The van der Waals surface area contributed by atoms with Crippen LogP contribution < -0.4 is 4.74 Å². The lowest BCUT2D eigenvalue weighted by Gasteiger charge is -2.39. The van der Waals surface area contributed by atoms with E-state index in [2.05, 4.69) is 33.8 Å². The van der Waals surface area contributed by atoms with E-state index in [9.17, 15) is 5.11 Å². The minimum Gasteiger partial charge on any atom is -0.496 e. The molecule has 2 rings (SSSR count). The van der Waals surface area contributed by atoms with Gasteiger partial charge in [-0.1, -0.05) is 22.9 Å². The quantitative estimate of drug-likeness (QED) is 0.922. The minimum absolute atomic E-state index is 0.0392. The average Bonchev–Trinajstić information content (AvgIpc) is 2.39. The van der Waals surface area contributed by atoms with Crippen molar-refractivity contribution >= 4 is 15.9 Å². The zero-order valence-electron chi connectivity index (χ0n) is 11.7. The number of halogens is 1. The molecular weight excluding hydrogens is 306 g/mol. The maximum absolute atomic E-state index is 9.52. The number of hydrogen-bond acceptors (Lipinski definition) is 3. The second-order valence-corrected chi connectivity index (χ2v) is 6.65. The fourth-order valence-corrected chi connectivity index (χ4v) is 3.21. The maximum Gasteiger partial charge on any atom is 0.123 e. The van der Waals surface area contributed by atoms with Crippen molar-refractivity contribution in [1.82, 2.24) is 4.90 Å². The van der Waals surface area contributed by atoms with Crippen molar-refractivity contribution in [1.29, 1.82) is 0 Å². The third-order valence-electron chi connectivity index (χ3n) is 3.88. The number of piperidine rings is 1. The molecule has 1 fully saturated rings. The van der Waals surface area contributed by atoms with Crippen molar-refractivity contribution in [3.63, 3.8) is 0 Å². The van der Waals surface area contributed by atoms with Crippen LogP contribution in [0, 0.1) is 5.41 Å². The Hall–Kier alpha value is -0.580. The van der Waals surface area contributed by atoms with Crippen LogP contribution in [0.3, 0.4) is 0 Å². The number of nitrogens with zero attached hydrogens (tertiary/aromatic N) is 1. The van der Waals surface area contributed by atoms with Crippen LogP contribution in [0.25, 0.3) is 0 Å². The Balaban J connectivity index is 2.10. The van der Waals surface area contributed by atoms with Gasteiger partial charge in [0.05, 0.1) is 7.11 Å². The van der Waals surface area contributed by atoms with Crippen molar-refractivity contribution in [2.45, 2.75) is 26.3 Å². The summed E-state index contributed by atoms with van der Waals surface area (Å²) in [5.41, 5.74) is 1.23. The predicted molar refractivity (Wildman–Crippen MR) is 80.4 cm³/mol. The van der Waals surface area contributed by atoms with Gasteiger partial charge in [-0.15, -0.1) is 0 Å². The third-order valence-corrected chi connectivity index (χ3v) is 4.37. The highest BCUT2D eigenvalue weighted by molar-refractivity contribution is 9.10. The van der Waals surface area contributed by atoms with Crippen LogP contribution in [0.1, 0.15) is 25.3 Å². The normalized spacial score (nSPS) is 24.4. The van der Waals surface area contributed by atoms with Gasteiger partial charge in [0.1, 0.15) is 5.75 Å². The number of hydrogen-bond donors (Lipinski definition) is 1. The summed E-state index contributed by atoms with van der Waals surface area (Å²) in [4.78, 5) is 2.41. The van der Waals surface area contributed by atoms with Gasteiger partial charge >= 0.3 is 0 Å². The molecule has 0 saturated carbocycles. The minimum atomic E-state index is 0.0392. The van der Waals surface area contributed by atoms with E-state index in [0.717, 1.165) is 42.7 Å². The maximum atomic E-state index is 9.52. The average molecular weight is 328 g/mol. The van der Waals surface area contributed by atoms with Crippen molar-refractivity contribution in [2.24, 2.45) is 5.41 Å². The molecule has 106 valence electrons. The molecule has 1 aliphatic rings. The first-order valence-electron chi connectivity index (χ1n) is 6.72. The van der Waals surface area contributed by atoms with E-state index in [1.54, 1.807) is 7.11 Å². The molecule has 0 spiro atoms. The molecule has 0 aliphatic carbocycles. The van der Waals surface area contributed by atoms with Gasteiger partial charge < -0.3 is 9.84 Å². The van der Waals surface area contributed by atoms with Crippen molar-refractivity contribution in [2.75, 3.05) is 26.8 Å². The van der Waals surface area contributed by atoms with Gasteiger partial charge in [0, 0.05) is 35.1 Å². The van der Waals surface area contributed by atoms with Crippen molar-refractivity contribution in [3.05, 3.63) is 28.2 Å². The Bertz CT molecular complexity index is 438. The number of benzene rings is 1. The van der Waals surface area contributed by atoms with Crippen LogP contribution >= 0.6 is 15.9 Å². The highest BCUT2D eigenvalue weighted by atomic mass is 79.9. The fraction of sp³-hybridized carbons (Fsp3) is 0.600. The molecule has 1 aromatic carbocycles. The van der Waals surface area contributed by atoms with Gasteiger partial charge in [-0.3, -0.25) is 4.90 Å². The molecule has 1 aromatic rings. The number of aliphatic hydroxyl groups is 1. The number of rotatable bonds is 4. The summed E-state index contributed by atoms with van der Waals surface area (Å²) in [6, 6.07) is 6.11. The summed E-state index contributed by atoms with van der Waals surface area (Å²) in [6.45, 7) is 5.33. The van der Waals surface area contributed by atoms with E-state index in [4.69, 9.17) is 4.74 Å². The molecule has 1 saturated heterocycles. The monoisotopic (exact) mass is 327 g/mol. The topological polar surface area (TPSA) is 32.7 Å². The Morgan fingerprint density at radius 3 is 2.95 bits per heavy atom. The SMILES string of the molecule is COc1ccc(Br)cc1CN1CCCC(C)(CO)C1. The first-order valence-corrected chi connectivity index (χ1v) is 7.51. The number of ether oxygens (including phenoxy) is 1. The molecule has 0 aromatic heterocycles. The molecule has 1 aliphatic heterocycles. The van der Waals surface area contributed by atoms with E-state index in [1.807, 2.05) is 12.1 Å². The number of aliphatic hydroxyl groups excluding tert-OH is 1. The van der Waals surface area contributed by atoms with E-state index in [0.29, 0.717) is 0 Å².